The van der Waals surface area contributed by atoms with Gasteiger partial charge in [0.15, 0.2) is 0 Å². The molecule has 1 fully saturated rings. The van der Waals surface area contributed by atoms with Crippen molar-refractivity contribution >= 4 is 12.0 Å². The molecule has 0 aromatic carbocycles. The van der Waals surface area contributed by atoms with E-state index in [4.69, 9.17) is 5.11 Å². The normalized spacial score (nSPS) is 20.3. The monoisotopic (exact) mass is 256 g/mol. The zero-order chi connectivity index (χ0) is 13.9. The number of amides is 2. The quantitative estimate of drug-likeness (QED) is 0.838. The van der Waals surface area contributed by atoms with Gasteiger partial charge in [-0.15, -0.1) is 0 Å². The summed E-state index contributed by atoms with van der Waals surface area (Å²) in [6, 6.07) is -0.0569. The lowest BCUT2D eigenvalue weighted by molar-refractivity contribution is -0.141. The second kappa shape index (κ2) is 5.59. The molecule has 0 saturated carbocycles. The van der Waals surface area contributed by atoms with Crippen LogP contribution in [0.5, 0.6) is 0 Å². The number of nitrogens with zero attached hydrogens (tertiary/aromatic N) is 2. The maximum absolute atomic E-state index is 12.1. The number of hydrogen-bond acceptors (Lipinski definition) is 2. The van der Waals surface area contributed by atoms with Crippen LogP contribution in [0.1, 0.15) is 33.6 Å². The van der Waals surface area contributed by atoms with E-state index in [1.807, 2.05) is 4.90 Å². The summed E-state index contributed by atoms with van der Waals surface area (Å²) in [5.74, 6) is -1.39. The molecular formula is C13H24N2O3. The van der Waals surface area contributed by atoms with Crippen molar-refractivity contribution in [1.29, 1.82) is 0 Å². The van der Waals surface area contributed by atoms with Crippen LogP contribution in [0.4, 0.5) is 4.79 Å². The van der Waals surface area contributed by atoms with Crippen LogP contribution in [-0.4, -0.2) is 53.6 Å². The Hall–Kier alpha value is -1.26. The van der Waals surface area contributed by atoms with E-state index in [-0.39, 0.29) is 12.6 Å². The number of carboxylic acids is 1. The van der Waals surface area contributed by atoms with Gasteiger partial charge >= 0.3 is 12.0 Å². The van der Waals surface area contributed by atoms with Crippen LogP contribution in [-0.2, 0) is 4.79 Å². The predicted octanol–water partition coefficient (Wildman–Crippen LogP) is 1.88. The molecule has 1 saturated heterocycles. The molecule has 104 valence electrons. The van der Waals surface area contributed by atoms with Crippen molar-refractivity contribution in [3.05, 3.63) is 0 Å². The van der Waals surface area contributed by atoms with Gasteiger partial charge in [-0.3, -0.25) is 4.79 Å². The molecule has 18 heavy (non-hydrogen) atoms. The SMILES string of the molecule is CC(CN(C)C(=O)N1CCC(C)(C)CC1)C(=O)O. The van der Waals surface area contributed by atoms with Crippen LogP contribution in [0.2, 0.25) is 0 Å². The van der Waals surface area contributed by atoms with E-state index in [2.05, 4.69) is 13.8 Å². The minimum Gasteiger partial charge on any atom is -0.481 e. The Bertz CT molecular complexity index is 318. The highest BCUT2D eigenvalue weighted by Gasteiger charge is 2.29. The molecule has 2 amide bonds. The van der Waals surface area contributed by atoms with Gasteiger partial charge in [-0.2, -0.15) is 0 Å². The fourth-order valence-corrected chi connectivity index (χ4v) is 2.11. The summed E-state index contributed by atoms with van der Waals surface area (Å²) < 4.78 is 0. The summed E-state index contributed by atoms with van der Waals surface area (Å²) in [6.07, 6.45) is 2.00. The minimum absolute atomic E-state index is 0.0569. The van der Waals surface area contributed by atoms with E-state index in [9.17, 15) is 9.59 Å². The summed E-state index contributed by atoms with van der Waals surface area (Å²) in [6.45, 7) is 7.82. The van der Waals surface area contributed by atoms with Crippen molar-refractivity contribution in [3.63, 3.8) is 0 Å². The van der Waals surface area contributed by atoms with Crippen molar-refractivity contribution in [2.45, 2.75) is 33.6 Å². The van der Waals surface area contributed by atoms with Crippen molar-refractivity contribution < 1.29 is 14.7 Å². The maximum atomic E-state index is 12.1. The highest BCUT2D eigenvalue weighted by atomic mass is 16.4. The first-order valence-electron chi connectivity index (χ1n) is 6.46. The topological polar surface area (TPSA) is 60.9 Å². The highest BCUT2D eigenvalue weighted by molar-refractivity contribution is 5.76. The van der Waals surface area contributed by atoms with Crippen LogP contribution in [0.3, 0.4) is 0 Å². The van der Waals surface area contributed by atoms with Gasteiger partial charge in [0.2, 0.25) is 0 Å². The third-order valence-electron chi connectivity index (χ3n) is 3.68. The Labute approximate surface area is 109 Å². The number of carboxylic acid groups (broad SMARTS) is 1. The first kappa shape index (κ1) is 14.8. The van der Waals surface area contributed by atoms with Gasteiger partial charge < -0.3 is 14.9 Å². The second-order valence-corrected chi connectivity index (χ2v) is 6.05. The van der Waals surface area contributed by atoms with E-state index in [0.29, 0.717) is 5.41 Å². The van der Waals surface area contributed by atoms with E-state index in [1.165, 1.54) is 4.90 Å². The van der Waals surface area contributed by atoms with Crippen LogP contribution < -0.4 is 0 Å². The van der Waals surface area contributed by atoms with E-state index >= 15 is 0 Å². The second-order valence-electron chi connectivity index (χ2n) is 6.05. The summed E-state index contributed by atoms with van der Waals surface area (Å²) in [7, 11) is 1.67. The number of carbonyl (C=O) groups excluding carboxylic acids is 1. The highest BCUT2D eigenvalue weighted by Crippen LogP contribution is 2.29. The van der Waals surface area contributed by atoms with Crippen LogP contribution >= 0.6 is 0 Å². The molecule has 5 heteroatoms. The van der Waals surface area contributed by atoms with E-state index in [0.717, 1.165) is 25.9 Å². The lowest BCUT2D eigenvalue weighted by Crippen LogP contribution is -2.48. The first-order chi connectivity index (χ1) is 8.23. The number of carbonyl (C=O) groups is 2. The molecule has 0 spiro atoms. The number of urea groups is 1. The summed E-state index contributed by atoms with van der Waals surface area (Å²) >= 11 is 0. The van der Waals surface area contributed by atoms with Crippen LogP contribution in [0, 0.1) is 11.3 Å². The van der Waals surface area contributed by atoms with E-state index in [1.54, 1.807) is 14.0 Å². The fraction of sp³-hybridized carbons (Fsp3) is 0.846. The zero-order valence-electron chi connectivity index (χ0n) is 11.8. The number of aliphatic carboxylic acids is 1. The van der Waals surface area contributed by atoms with Crippen molar-refractivity contribution in [2.24, 2.45) is 11.3 Å². The Morgan fingerprint density at radius 2 is 1.83 bits per heavy atom. The Balaban J connectivity index is 2.47. The fourth-order valence-electron chi connectivity index (χ4n) is 2.11. The molecule has 1 aliphatic rings. The van der Waals surface area contributed by atoms with Crippen molar-refractivity contribution in [2.75, 3.05) is 26.7 Å². The first-order valence-corrected chi connectivity index (χ1v) is 6.46. The van der Waals surface area contributed by atoms with Gasteiger partial charge in [0.1, 0.15) is 0 Å². The molecule has 5 nitrogen and oxygen atoms in total. The number of rotatable bonds is 3. The van der Waals surface area contributed by atoms with Gasteiger partial charge in [-0.1, -0.05) is 20.8 Å². The summed E-state index contributed by atoms with van der Waals surface area (Å²) in [4.78, 5) is 26.2. The third kappa shape index (κ3) is 3.89. The van der Waals surface area contributed by atoms with Gasteiger partial charge in [0.05, 0.1) is 5.92 Å². The largest absolute Gasteiger partial charge is 0.481 e. The third-order valence-corrected chi connectivity index (χ3v) is 3.68. The van der Waals surface area contributed by atoms with Crippen molar-refractivity contribution in [3.8, 4) is 0 Å². The molecule has 0 radical (unpaired) electrons. The van der Waals surface area contributed by atoms with Crippen LogP contribution in [0.15, 0.2) is 0 Å². The molecule has 0 aromatic rings. The maximum Gasteiger partial charge on any atom is 0.319 e. The Morgan fingerprint density at radius 3 is 2.28 bits per heavy atom. The Morgan fingerprint density at radius 1 is 1.33 bits per heavy atom. The molecule has 1 aliphatic heterocycles. The standard InChI is InChI=1S/C13H24N2O3/c1-10(11(16)17)9-14(4)12(18)15-7-5-13(2,3)6-8-15/h10H,5-9H2,1-4H3,(H,16,17). The van der Waals surface area contributed by atoms with E-state index < -0.39 is 11.9 Å². The average molecular weight is 256 g/mol. The van der Waals surface area contributed by atoms with Crippen LogP contribution in [0.25, 0.3) is 0 Å². The summed E-state index contributed by atoms with van der Waals surface area (Å²) in [5.41, 5.74) is 0.309. The molecule has 1 heterocycles. The predicted molar refractivity (Wildman–Crippen MR) is 69.4 cm³/mol. The van der Waals surface area contributed by atoms with Gasteiger partial charge in [-0.05, 0) is 18.3 Å². The molecule has 1 N–H and O–H groups in total. The molecule has 0 bridgehead atoms. The van der Waals surface area contributed by atoms with Gasteiger partial charge in [-0.25, -0.2) is 4.79 Å². The molecule has 0 aliphatic carbocycles. The summed E-state index contributed by atoms with van der Waals surface area (Å²) in [5, 5.41) is 8.84. The molecule has 1 unspecified atom stereocenters. The van der Waals surface area contributed by atoms with Gasteiger partial charge in [0.25, 0.3) is 0 Å². The lowest BCUT2D eigenvalue weighted by atomic mass is 9.83. The zero-order valence-corrected chi connectivity index (χ0v) is 11.8. The molecule has 1 atom stereocenters. The van der Waals surface area contributed by atoms with Crippen molar-refractivity contribution in [1.82, 2.24) is 9.80 Å². The average Bonchev–Trinajstić information content (AvgIpc) is 2.27. The Kier molecular flexibility index (Phi) is 4.59. The smallest absolute Gasteiger partial charge is 0.319 e. The van der Waals surface area contributed by atoms with Gasteiger partial charge in [0, 0.05) is 26.7 Å². The minimum atomic E-state index is -0.866. The molecule has 0 aromatic heterocycles. The molecule has 1 rings (SSSR count). The number of piperidine rings is 1. The molecular weight excluding hydrogens is 232 g/mol. The number of likely N-dealkylation sites (tertiary alicyclic amines) is 1. The lowest BCUT2D eigenvalue weighted by Gasteiger charge is -2.38. The number of hydrogen-bond donors (Lipinski definition) is 1.